The summed E-state index contributed by atoms with van der Waals surface area (Å²) in [6.45, 7) is 0. The van der Waals surface area contributed by atoms with Crippen molar-refractivity contribution in [3.63, 3.8) is 0 Å². The molecule has 16 heavy (non-hydrogen) atoms. The summed E-state index contributed by atoms with van der Waals surface area (Å²) in [6, 6.07) is -0.212. The molecule has 6 heteroatoms. The van der Waals surface area contributed by atoms with Crippen molar-refractivity contribution in [2.24, 2.45) is 11.7 Å². The highest BCUT2D eigenvalue weighted by Gasteiger charge is 2.34. The molecule has 1 aromatic rings. The van der Waals surface area contributed by atoms with E-state index in [-0.39, 0.29) is 23.9 Å². The van der Waals surface area contributed by atoms with Crippen LogP contribution in [0, 0.1) is 23.4 Å². The minimum atomic E-state index is -1.58. The first-order chi connectivity index (χ1) is 7.02. The molecular weight excluding hydrogens is 243 g/mol. The van der Waals surface area contributed by atoms with Crippen LogP contribution < -0.4 is 5.73 Å². The van der Waals surface area contributed by atoms with E-state index in [1.807, 2.05) is 0 Å². The summed E-state index contributed by atoms with van der Waals surface area (Å²) in [5.74, 6) is -4.94. The van der Waals surface area contributed by atoms with Gasteiger partial charge < -0.3 is 10.8 Å². The molecule has 0 unspecified atom stereocenters. The first-order valence-electron chi connectivity index (χ1n) is 4.64. The average Bonchev–Trinajstić information content (AvgIpc) is 2.97. The van der Waals surface area contributed by atoms with Gasteiger partial charge in [0.2, 0.25) is 0 Å². The predicted molar refractivity (Wildman–Crippen MR) is 54.9 cm³/mol. The lowest BCUT2D eigenvalue weighted by Crippen LogP contribution is -2.15. The number of hydrogen-bond donors (Lipinski definition) is 2. The van der Waals surface area contributed by atoms with Gasteiger partial charge in [-0.2, -0.15) is 0 Å². The molecule has 0 amide bonds. The highest BCUT2D eigenvalue weighted by atomic mass is 35.5. The van der Waals surface area contributed by atoms with E-state index in [0.717, 1.165) is 12.8 Å². The molecule has 3 N–H and O–H groups in total. The van der Waals surface area contributed by atoms with Crippen molar-refractivity contribution in [3.05, 3.63) is 29.1 Å². The first kappa shape index (κ1) is 13.1. The standard InChI is InChI=1S/C10H10F3NO.ClH/c11-5-3-6(15)7(9(13)8(5)12)10(14)4-1-2-4;/h3-4,10,15H,1-2,14H2;1H/t10-;/m1./s1. The molecule has 0 aromatic heterocycles. The van der Waals surface area contributed by atoms with Crippen molar-refractivity contribution in [2.45, 2.75) is 18.9 Å². The van der Waals surface area contributed by atoms with Crippen LogP contribution in [-0.2, 0) is 0 Å². The van der Waals surface area contributed by atoms with Crippen molar-refractivity contribution in [1.29, 1.82) is 0 Å². The zero-order chi connectivity index (χ0) is 11.2. The van der Waals surface area contributed by atoms with Gasteiger partial charge in [-0.3, -0.25) is 0 Å². The van der Waals surface area contributed by atoms with Gasteiger partial charge in [-0.25, -0.2) is 13.2 Å². The van der Waals surface area contributed by atoms with Crippen LogP contribution in [0.3, 0.4) is 0 Å². The number of aromatic hydroxyl groups is 1. The van der Waals surface area contributed by atoms with Crippen LogP contribution in [0.1, 0.15) is 24.4 Å². The second kappa shape index (κ2) is 4.51. The summed E-state index contributed by atoms with van der Waals surface area (Å²) in [7, 11) is 0. The van der Waals surface area contributed by atoms with Crippen LogP contribution in [0.5, 0.6) is 5.75 Å². The van der Waals surface area contributed by atoms with E-state index in [1.165, 1.54) is 0 Å². The molecule has 0 bridgehead atoms. The molecule has 1 atom stereocenters. The molecule has 1 aromatic carbocycles. The molecule has 0 radical (unpaired) electrons. The predicted octanol–water partition coefficient (Wildman–Crippen LogP) is 2.64. The van der Waals surface area contributed by atoms with Crippen molar-refractivity contribution in [1.82, 2.24) is 0 Å². The number of phenolic OH excluding ortho intramolecular Hbond substituents is 1. The molecule has 90 valence electrons. The molecule has 1 aliphatic rings. The van der Waals surface area contributed by atoms with Crippen LogP contribution >= 0.6 is 12.4 Å². The van der Waals surface area contributed by atoms with Crippen molar-refractivity contribution in [3.8, 4) is 5.75 Å². The number of rotatable bonds is 2. The van der Waals surface area contributed by atoms with Crippen molar-refractivity contribution >= 4 is 12.4 Å². The van der Waals surface area contributed by atoms with Crippen LogP contribution in [-0.4, -0.2) is 5.11 Å². The molecular formula is C10H11ClF3NO. The van der Waals surface area contributed by atoms with E-state index < -0.39 is 29.2 Å². The van der Waals surface area contributed by atoms with E-state index in [9.17, 15) is 18.3 Å². The number of halogens is 4. The summed E-state index contributed by atoms with van der Waals surface area (Å²) in [6.07, 6.45) is 1.64. The fourth-order valence-electron chi connectivity index (χ4n) is 1.60. The Labute approximate surface area is 96.7 Å². The van der Waals surface area contributed by atoms with Gasteiger partial charge >= 0.3 is 0 Å². The molecule has 1 saturated carbocycles. The summed E-state index contributed by atoms with van der Waals surface area (Å²) in [4.78, 5) is 0. The number of phenols is 1. The quantitative estimate of drug-likeness (QED) is 0.796. The molecule has 0 spiro atoms. The number of nitrogens with two attached hydrogens (primary N) is 1. The van der Waals surface area contributed by atoms with E-state index in [4.69, 9.17) is 5.73 Å². The maximum atomic E-state index is 13.3. The van der Waals surface area contributed by atoms with Gasteiger partial charge in [0.05, 0.1) is 0 Å². The third kappa shape index (κ3) is 2.10. The second-order valence-corrected chi connectivity index (χ2v) is 3.78. The van der Waals surface area contributed by atoms with Gasteiger partial charge in [0, 0.05) is 17.7 Å². The fourth-order valence-corrected chi connectivity index (χ4v) is 1.60. The Balaban J connectivity index is 0.00000128. The Morgan fingerprint density at radius 1 is 1.25 bits per heavy atom. The molecule has 2 nitrogen and oxygen atoms in total. The van der Waals surface area contributed by atoms with Crippen LogP contribution in [0.25, 0.3) is 0 Å². The molecule has 0 aliphatic heterocycles. The van der Waals surface area contributed by atoms with Gasteiger partial charge in [-0.05, 0) is 18.8 Å². The summed E-state index contributed by atoms with van der Waals surface area (Å²) in [5, 5.41) is 9.32. The summed E-state index contributed by atoms with van der Waals surface area (Å²) >= 11 is 0. The first-order valence-corrected chi connectivity index (χ1v) is 4.64. The van der Waals surface area contributed by atoms with Crippen LogP contribution in [0.15, 0.2) is 6.07 Å². The SMILES string of the molecule is Cl.N[C@@H](c1c(O)cc(F)c(F)c1F)C1CC1. The van der Waals surface area contributed by atoms with E-state index >= 15 is 0 Å². The number of benzene rings is 1. The Hall–Kier alpha value is -0.940. The van der Waals surface area contributed by atoms with Crippen LogP contribution in [0.2, 0.25) is 0 Å². The van der Waals surface area contributed by atoms with Gasteiger partial charge in [0.15, 0.2) is 17.5 Å². The maximum absolute atomic E-state index is 13.3. The summed E-state index contributed by atoms with van der Waals surface area (Å²) < 4.78 is 38.9. The maximum Gasteiger partial charge on any atom is 0.195 e. The minimum Gasteiger partial charge on any atom is -0.507 e. The largest absolute Gasteiger partial charge is 0.507 e. The minimum absolute atomic E-state index is 0. The average molecular weight is 254 g/mol. The Morgan fingerprint density at radius 2 is 1.81 bits per heavy atom. The lowest BCUT2D eigenvalue weighted by atomic mass is 10.0. The fraction of sp³-hybridized carbons (Fsp3) is 0.400. The topological polar surface area (TPSA) is 46.2 Å². The number of hydrogen-bond acceptors (Lipinski definition) is 2. The zero-order valence-electron chi connectivity index (χ0n) is 8.21. The second-order valence-electron chi connectivity index (χ2n) is 3.78. The summed E-state index contributed by atoms with van der Waals surface area (Å²) in [5.41, 5.74) is 5.31. The van der Waals surface area contributed by atoms with Gasteiger partial charge in [0.1, 0.15) is 5.75 Å². The molecule has 0 heterocycles. The van der Waals surface area contributed by atoms with Gasteiger partial charge in [-0.15, -0.1) is 12.4 Å². The van der Waals surface area contributed by atoms with E-state index in [0.29, 0.717) is 6.07 Å². The normalized spacial score (nSPS) is 16.8. The van der Waals surface area contributed by atoms with Crippen molar-refractivity contribution < 1.29 is 18.3 Å². The Morgan fingerprint density at radius 3 is 2.31 bits per heavy atom. The third-order valence-corrected chi connectivity index (χ3v) is 2.64. The lowest BCUT2D eigenvalue weighted by molar-refractivity contribution is 0.396. The zero-order valence-corrected chi connectivity index (χ0v) is 9.03. The highest BCUT2D eigenvalue weighted by Crippen LogP contribution is 2.43. The Bertz CT molecular complexity index is 410. The van der Waals surface area contributed by atoms with Crippen molar-refractivity contribution in [2.75, 3.05) is 0 Å². The molecule has 0 saturated heterocycles. The smallest absolute Gasteiger partial charge is 0.195 e. The Kier molecular flexibility index (Phi) is 3.70. The molecule has 1 aliphatic carbocycles. The lowest BCUT2D eigenvalue weighted by Gasteiger charge is -2.14. The van der Waals surface area contributed by atoms with Gasteiger partial charge in [0.25, 0.3) is 0 Å². The van der Waals surface area contributed by atoms with Gasteiger partial charge in [-0.1, -0.05) is 0 Å². The molecule has 2 rings (SSSR count). The van der Waals surface area contributed by atoms with E-state index in [2.05, 4.69) is 0 Å². The van der Waals surface area contributed by atoms with E-state index in [1.54, 1.807) is 0 Å². The van der Waals surface area contributed by atoms with Crippen LogP contribution in [0.4, 0.5) is 13.2 Å². The third-order valence-electron chi connectivity index (χ3n) is 2.64. The molecule has 1 fully saturated rings. The monoisotopic (exact) mass is 253 g/mol. The highest BCUT2D eigenvalue weighted by molar-refractivity contribution is 5.85.